The van der Waals surface area contributed by atoms with Crippen LogP contribution in [0.25, 0.3) is 0 Å². The molecule has 22 heavy (non-hydrogen) atoms. The minimum absolute atomic E-state index is 0.0369. The average Bonchev–Trinajstić information content (AvgIpc) is 3.10. The van der Waals surface area contributed by atoms with Crippen LogP contribution in [-0.2, 0) is 12.0 Å². The van der Waals surface area contributed by atoms with E-state index in [4.69, 9.17) is 10.2 Å². The summed E-state index contributed by atoms with van der Waals surface area (Å²) >= 11 is 0. The maximum absolute atomic E-state index is 5.93. The van der Waals surface area contributed by atoms with Crippen molar-refractivity contribution < 1.29 is 4.42 Å². The van der Waals surface area contributed by atoms with Crippen LogP contribution in [0.4, 0.5) is 0 Å². The van der Waals surface area contributed by atoms with Crippen LogP contribution < -0.4 is 11.1 Å². The lowest BCUT2D eigenvalue weighted by Crippen LogP contribution is -2.42. The Labute approximate surface area is 133 Å². The van der Waals surface area contributed by atoms with Crippen molar-refractivity contribution >= 4 is 5.96 Å². The predicted octanol–water partition coefficient (Wildman–Crippen LogP) is 1.86. The number of likely N-dealkylation sites (N-methyl/N-ethyl adjacent to an activating group) is 1. The molecule has 1 fully saturated rings. The van der Waals surface area contributed by atoms with Crippen LogP contribution in [-0.4, -0.2) is 41.5 Å². The first-order valence-corrected chi connectivity index (χ1v) is 8.13. The Kier molecular flexibility index (Phi) is 5.45. The zero-order valence-corrected chi connectivity index (χ0v) is 14.2. The molecule has 1 aromatic rings. The summed E-state index contributed by atoms with van der Waals surface area (Å²) in [5.74, 6) is 1.93. The van der Waals surface area contributed by atoms with Crippen molar-refractivity contribution in [1.82, 2.24) is 15.2 Å². The molecule has 2 rings (SSSR count). The number of aliphatic imine (C=N–C) groups is 1. The molecule has 1 aromatic heterocycles. The largest absolute Gasteiger partial charge is 0.443 e. The molecule has 0 aromatic carbocycles. The third-order valence-corrected chi connectivity index (χ3v) is 4.10. The lowest BCUT2D eigenvalue weighted by molar-refractivity contribution is 0.267. The van der Waals surface area contributed by atoms with Crippen LogP contribution in [0.2, 0.25) is 0 Å². The van der Waals surface area contributed by atoms with E-state index in [9.17, 15) is 0 Å². The predicted molar refractivity (Wildman–Crippen MR) is 88.8 cm³/mol. The van der Waals surface area contributed by atoms with E-state index in [1.165, 1.54) is 19.4 Å². The molecule has 1 saturated heterocycles. The summed E-state index contributed by atoms with van der Waals surface area (Å²) in [6.07, 6.45) is 4.26. The van der Waals surface area contributed by atoms with Crippen molar-refractivity contribution in [3.8, 4) is 0 Å². The van der Waals surface area contributed by atoms with Crippen LogP contribution in [0.1, 0.15) is 52.2 Å². The highest BCUT2D eigenvalue weighted by atomic mass is 16.4. The average molecular weight is 307 g/mol. The Bertz CT molecular complexity index is 503. The number of rotatable bonds is 5. The second kappa shape index (κ2) is 7.13. The molecule has 6 heteroatoms. The van der Waals surface area contributed by atoms with Gasteiger partial charge in [-0.05, 0) is 25.9 Å². The summed E-state index contributed by atoms with van der Waals surface area (Å²) in [5, 5.41) is 3.21. The van der Waals surface area contributed by atoms with Crippen molar-refractivity contribution in [3.05, 3.63) is 17.8 Å². The van der Waals surface area contributed by atoms with E-state index in [2.05, 4.69) is 47.9 Å². The van der Waals surface area contributed by atoms with Gasteiger partial charge in [0.25, 0.3) is 0 Å². The van der Waals surface area contributed by atoms with Crippen LogP contribution in [0.15, 0.2) is 15.6 Å². The fourth-order valence-electron chi connectivity index (χ4n) is 2.70. The summed E-state index contributed by atoms with van der Waals surface area (Å²) in [6, 6.07) is 0.563. The zero-order valence-electron chi connectivity index (χ0n) is 14.2. The quantitative estimate of drug-likeness (QED) is 0.641. The van der Waals surface area contributed by atoms with Crippen molar-refractivity contribution in [2.75, 3.05) is 19.6 Å². The first-order valence-electron chi connectivity index (χ1n) is 8.13. The van der Waals surface area contributed by atoms with E-state index in [0.29, 0.717) is 24.4 Å². The topological polar surface area (TPSA) is 79.7 Å². The Morgan fingerprint density at radius 2 is 2.32 bits per heavy atom. The second-order valence-electron chi connectivity index (χ2n) is 6.88. The first-order chi connectivity index (χ1) is 10.4. The standard InChI is InChI=1S/C16H29N5O/c1-5-21-8-6-7-12(21)9-19-15(17)20-11-14-18-10-13(22-14)16(2,3)4/h10,12H,5-9,11H2,1-4H3,(H3,17,19,20). The van der Waals surface area contributed by atoms with E-state index >= 15 is 0 Å². The number of guanidine groups is 1. The number of hydrogen-bond donors (Lipinski definition) is 2. The molecule has 124 valence electrons. The normalized spacial score (nSPS) is 20.5. The summed E-state index contributed by atoms with van der Waals surface area (Å²) in [6.45, 7) is 12.0. The van der Waals surface area contributed by atoms with Gasteiger partial charge in [-0.3, -0.25) is 4.90 Å². The molecular formula is C16H29N5O. The molecule has 6 nitrogen and oxygen atoms in total. The third kappa shape index (κ3) is 4.47. The number of aromatic nitrogens is 1. The molecule has 1 aliphatic heterocycles. The Balaban J connectivity index is 1.81. The van der Waals surface area contributed by atoms with Crippen molar-refractivity contribution in [2.45, 2.75) is 58.5 Å². The number of nitrogens with one attached hydrogen (secondary N) is 1. The van der Waals surface area contributed by atoms with Gasteiger partial charge < -0.3 is 15.5 Å². The van der Waals surface area contributed by atoms with E-state index in [0.717, 1.165) is 18.8 Å². The zero-order chi connectivity index (χ0) is 16.2. The highest BCUT2D eigenvalue weighted by Gasteiger charge is 2.22. The maximum Gasteiger partial charge on any atom is 0.216 e. The van der Waals surface area contributed by atoms with Gasteiger partial charge in [-0.25, -0.2) is 9.98 Å². The molecule has 1 aliphatic rings. The Hall–Kier alpha value is -1.56. The smallest absolute Gasteiger partial charge is 0.216 e. The Morgan fingerprint density at radius 3 is 2.95 bits per heavy atom. The molecule has 0 aliphatic carbocycles. The summed E-state index contributed by atoms with van der Waals surface area (Å²) in [4.78, 5) is 11.0. The van der Waals surface area contributed by atoms with Gasteiger partial charge in [0.15, 0.2) is 5.96 Å². The molecule has 2 heterocycles. The lowest BCUT2D eigenvalue weighted by Gasteiger charge is -2.23. The third-order valence-electron chi connectivity index (χ3n) is 4.10. The van der Waals surface area contributed by atoms with Gasteiger partial charge in [-0.15, -0.1) is 0 Å². The van der Waals surface area contributed by atoms with Gasteiger partial charge in [-0.1, -0.05) is 27.7 Å². The second-order valence-corrected chi connectivity index (χ2v) is 6.88. The molecule has 0 radical (unpaired) electrons. The van der Waals surface area contributed by atoms with Crippen molar-refractivity contribution in [2.24, 2.45) is 10.7 Å². The van der Waals surface area contributed by atoms with E-state index in [1.54, 1.807) is 6.20 Å². The summed E-state index contributed by atoms with van der Waals surface area (Å²) in [5.41, 5.74) is 5.89. The highest BCUT2D eigenvalue weighted by molar-refractivity contribution is 5.77. The molecule has 1 unspecified atom stereocenters. The van der Waals surface area contributed by atoms with Crippen LogP contribution in [0, 0.1) is 0 Å². The maximum atomic E-state index is 5.93. The Morgan fingerprint density at radius 1 is 1.55 bits per heavy atom. The monoisotopic (exact) mass is 307 g/mol. The van der Waals surface area contributed by atoms with E-state index < -0.39 is 0 Å². The number of nitrogens with two attached hydrogens (primary N) is 1. The molecule has 0 bridgehead atoms. The van der Waals surface area contributed by atoms with Gasteiger partial charge >= 0.3 is 0 Å². The number of oxazole rings is 1. The van der Waals surface area contributed by atoms with E-state index in [1.807, 2.05) is 0 Å². The molecule has 0 saturated carbocycles. The van der Waals surface area contributed by atoms with Gasteiger partial charge in [0.2, 0.25) is 5.89 Å². The van der Waals surface area contributed by atoms with Crippen molar-refractivity contribution in [3.63, 3.8) is 0 Å². The molecule has 1 atom stereocenters. The number of hydrogen-bond acceptors (Lipinski definition) is 4. The fourth-order valence-corrected chi connectivity index (χ4v) is 2.70. The van der Waals surface area contributed by atoms with E-state index in [-0.39, 0.29) is 5.41 Å². The van der Waals surface area contributed by atoms with Crippen LogP contribution in [0.5, 0.6) is 0 Å². The van der Waals surface area contributed by atoms with Crippen molar-refractivity contribution in [1.29, 1.82) is 0 Å². The van der Waals surface area contributed by atoms with Gasteiger partial charge in [0, 0.05) is 18.0 Å². The minimum atomic E-state index is -0.0369. The molecule has 0 spiro atoms. The van der Waals surface area contributed by atoms with Gasteiger partial charge in [0.05, 0.1) is 6.20 Å². The summed E-state index contributed by atoms with van der Waals surface area (Å²) in [7, 11) is 0. The summed E-state index contributed by atoms with van der Waals surface area (Å²) < 4.78 is 5.70. The van der Waals surface area contributed by atoms with Gasteiger partial charge in [-0.2, -0.15) is 0 Å². The SMILES string of the molecule is CCN1CCCC1CNC(N)=NCc1ncc(C(C)(C)C)o1. The van der Waals surface area contributed by atoms with Crippen LogP contribution >= 0.6 is 0 Å². The fraction of sp³-hybridized carbons (Fsp3) is 0.750. The van der Waals surface area contributed by atoms with Gasteiger partial charge in [0.1, 0.15) is 12.3 Å². The number of likely N-dealkylation sites (tertiary alicyclic amines) is 1. The molecule has 0 amide bonds. The lowest BCUT2D eigenvalue weighted by atomic mass is 9.94. The minimum Gasteiger partial charge on any atom is -0.443 e. The molecule has 3 N–H and O–H groups in total. The molecular weight excluding hydrogens is 278 g/mol. The first kappa shape index (κ1) is 16.8. The van der Waals surface area contributed by atoms with Crippen LogP contribution in [0.3, 0.4) is 0 Å². The highest BCUT2D eigenvalue weighted by Crippen LogP contribution is 2.22. The number of nitrogens with zero attached hydrogens (tertiary/aromatic N) is 3.